The van der Waals surface area contributed by atoms with Crippen molar-refractivity contribution in [2.45, 2.75) is 25.4 Å². The van der Waals surface area contributed by atoms with Gasteiger partial charge in [0.15, 0.2) is 0 Å². The van der Waals surface area contributed by atoms with Crippen molar-refractivity contribution in [3.63, 3.8) is 0 Å². The van der Waals surface area contributed by atoms with Crippen molar-refractivity contribution in [3.8, 4) is 0 Å². The molecule has 2 aromatic rings. The molecule has 1 aliphatic heterocycles. The van der Waals surface area contributed by atoms with Crippen molar-refractivity contribution < 1.29 is 4.79 Å². The Hall–Kier alpha value is -1.99. The van der Waals surface area contributed by atoms with E-state index < -0.39 is 0 Å². The molecule has 1 aromatic carbocycles. The maximum Gasteiger partial charge on any atom is 0.277 e. The first-order valence-electron chi connectivity index (χ1n) is 7.01. The maximum absolute atomic E-state index is 12.2. The molecule has 1 saturated heterocycles. The number of fused-ring (bicyclic) bond motifs is 1. The Labute approximate surface area is 133 Å². The van der Waals surface area contributed by atoms with Crippen LogP contribution in [0.3, 0.4) is 0 Å². The third kappa shape index (κ3) is 3.26. The summed E-state index contributed by atoms with van der Waals surface area (Å²) in [6.45, 7) is 1.52. The highest BCUT2D eigenvalue weighted by Crippen LogP contribution is 2.09. The number of hydrogen-bond donors (Lipinski definition) is 1. The average molecular weight is 324 g/mol. The largest absolute Gasteiger partial charge is 0.341 e. The number of benzene rings is 1. The molecule has 0 aliphatic carbocycles. The van der Waals surface area contributed by atoms with Crippen LogP contribution in [0.1, 0.15) is 12.8 Å². The minimum Gasteiger partial charge on any atom is -0.341 e. The van der Waals surface area contributed by atoms with Gasteiger partial charge in [0.2, 0.25) is 5.91 Å². The van der Waals surface area contributed by atoms with Gasteiger partial charge >= 0.3 is 0 Å². The number of nitrogens with zero attached hydrogens (tertiary/aromatic N) is 4. The van der Waals surface area contributed by atoms with E-state index in [0.29, 0.717) is 24.0 Å². The van der Waals surface area contributed by atoms with E-state index in [1.54, 1.807) is 29.2 Å². The smallest absolute Gasteiger partial charge is 0.277 e. The summed E-state index contributed by atoms with van der Waals surface area (Å²) in [5.74, 6) is 0.00445. The lowest BCUT2D eigenvalue weighted by atomic mass is 10.2. The minimum absolute atomic E-state index is 0. The van der Waals surface area contributed by atoms with Gasteiger partial charge in [-0.2, -0.15) is 0 Å². The van der Waals surface area contributed by atoms with Gasteiger partial charge in [0.25, 0.3) is 5.56 Å². The number of nitrogens with two attached hydrogens (primary N) is 1. The maximum atomic E-state index is 12.2. The summed E-state index contributed by atoms with van der Waals surface area (Å²) in [4.78, 5) is 26.0. The molecule has 0 unspecified atom stereocenters. The second-order valence-corrected chi connectivity index (χ2v) is 5.27. The van der Waals surface area contributed by atoms with Crippen LogP contribution in [-0.4, -0.2) is 44.9 Å². The van der Waals surface area contributed by atoms with Crippen molar-refractivity contribution in [2.75, 3.05) is 13.1 Å². The molecule has 8 heteroatoms. The van der Waals surface area contributed by atoms with Crippen molar-refractivity contribution in [2.24, 2.45) is 5.73 Å². The van der Waals surface area contributed by atoms with Crippen LogP contribution in [0.25, 0.3) is 10.9 Å². The van der Waals surface area contributed by atoms with Gasteiger partial charge in [-0.1, -0.05) is 17.3 Å². The van der Waals surface area contributed by atoms with Gasteiger partial charge in [0.05, 0.1) is 11.9 Å². The molecule has 22 heavy (non-hydrogen) atoms. The molecule has 7 nitrogen and oxygen atoms in total. The van der Waals surface area contributed by atoms with Crippen LogP contribution in [-0.2, 0) is 11.3 Å². The van der Waals surface area contributed by atoms with E-state index in [9.17, 15) is 9.59 Å². The van der Waals surface area contributed by atoms with Crippen molar-refractivity contribution >= 4 is 29.2 Å². The molecule has 1 amide bonds. The first-order valence-corrected chi connectivity index (χ1v) is 7.01. The van der Waals surface area contributed by atoms with Crippen LogP contribution >= 0.6 is 12.4 Å². The fourth-order valence-corrected chi connectivity index (χ4v) is 2.54. The van der Waals surface area contributed by atoms with E-state index in [1.165, 1.54) is 4.68 Å². The highest BCUT2D eigenvalue weighted by Gasteiger charge is 2.23. The molecule has 3 rings (SSSR count). The molecule has 1 fully saturated rings. The van der Waals surface area contributed by atoms with Gasteiger partial charge in [-0.25, -0.2) is 4.68 Å². The molecule has 0 saturated carbocycles. The summed E-state index contributed by atoms with van der Waals surface area (Å²) in [7, 11) is 0. The van der Waals surface area contributed by atoms with Crippen molar-refractivity contribution in [1.29, 1.82) is 0 Å². The number of halogens is 1. The number of hydrogen-bond acceptors (Lipinski definition) is 5. The predicted octanol–water partition coefficient (Wildman–Crippen LogP) is 0.163. The topological polar surface area (TPSA) is 94.1 Å². The molecule has 2 N–H and O–H groups in total. The highest BCUT2D eigenvalue weighted by atomic mass is 35.5. The fraction of sp³-hybridized carbons (Fsp3) is 0.429. The highest BCUT2D eigenvalue weighted by molar-refractivity contribution is 5.85. The first kappa shape index (κ1) is 16.4. The summed E-state index contributed by atoms with van der Waals surface area (Å²) in [6.07, 6.45) is 1.07. The van der Waals surface area contributed by atoms with Crippen LogP contribution in [0, 0.1) is 0 Å². The number of rotatable bonds is 3. The molecular weight excluding hydrogens is 306 g/mol. The molecule has 2 heterocycles. The average Bonchev–Trinajstić information content (AvgIpc) is 2.93. The lowest BCUT2D eigenvalue weighted by Crippen LogP contribution is -2.33. The number of likely N-dealkylation sites (tertiary alicyclic amines) is 1. The zero-order valence-corrected chi connectivity index (χ0v) is 12.8. The van der Waals surface area contributed by atoms with Crippen LogP contribution in [0.5, 0.6) is 0 Å². The number of amides is 1. The minimum atomic E-state index is -0.216. The van der Waals surface area contributed by atoms with E-state index in [2.05, 4.69) is 10.3 Å². The standard InChI is InChI=1S/C14H17N5O2.ClH/c15-10-5-7-18(9-10)13(20)6-8-19-14(21)11-3-1-2-4-12(11)16-17-19;/h1-4,10H,5-9,15H2;1H/t10-;/m1./s1. The zero-order valence-electron chi connectivity index (χ0n) is 12.0. The van der Waals surface area contributed by atoms with Crippen LogP contribution in [0.4, 0.5) is 0 Å². The molecule has 1 aromatic heterocycles. The summed E-state index contributed by atoms with van der Waals surface area (Å²) in [6, 6.07) is 7.11. The van der Waals surface area contributed by atoms with Gasteiger partial charge in [-0.15, -0.1) is 17.5 Å². The third-order valence-electron chi connectivity index (χ3n) is 3.74. The van der Waals surface area contributed by atoms with E-state index in [4.69, 9.17) is 5.73 Å². The van der Waals surface area contributed by atoms with Crippen molar-refractivity contribution in [1.82, 2.24) is 19.9 Å². The van der Waals surface area contributed by atoms with Crippen LogP contribution in [0.2, 0.25) is 0 Å². The summed E-state index contributed by atoms with van der Waals surface area (Å²) in [5, 5.41) is 8.39. The fourth-order valence-electron chi connectivity index (χ4n) is 2.54. The molecular formula is C14H18ClN5O2. The number of carbonyl (C=O) groups excluding carboxylic acids is 1. The molecule has 1 aliphatic rings. The van der Waals surface area contributed by atoms with E-state index >= 15 is 0 Å². The van der Waals surface area contributed by atoms with E-state index in [0.717, 1.165) is 6.42 Å². The van der Waals surface area contributed by atoms with Gasteiger partial charge in [0, 0.05) is 25.6 Å². The summed E-state index contributed by atoms with van der Waals surface area (Å²) < 4.78 is 1.25. The van der Waals surface area contributed by atoms with Gasteiger partial charge < -0.3 is 10.6 Å². The Morgan fingerprint density at radius 3 is 2.86 bits per heavy atom. The second-order valence-electron chi connectivity index (χ2n) is 5.27. The Morgan fingerprint density at radius 1 is 1.36 bits per heavy atom. The lowest BCUT2D eigenvalue weighted by Gasteiger charge is -2.15. The zero-order chi connectivity index (χ0) is 14.8. The van der Waals surface area contributed by atoms with Gasteiger partial charge in [-0.3, -0.25) is 9.59 Å². The molecule has 1 atom stereocenters. The summed E-state index contributed by atoms with van der Waals surface area (Å²) >= 11 is 0. The van der Waals surface area contributed by atoms with Gasteiger partial charge in [0.1, 0.15) is 5.52 Å². The quantitative estimate of drug-likeness (QED) is 0.868. The van der Waals surface area contributed by atoms with Crippen LogP contribution in [0.15, 0.2) is 29.1 Å². The third-order valence-corrected chi connectivity index (χ3v) is 3.74. The molecule has 118 valence electrons. The predicted molar refractivity (Wildman–Crippen MR) is 84.8 cm³/mol. The lowest BCUT2D eigenvalue weighted by molar-refractivity contribution is -0.130. The monoisotopic (exact) mass is 323 g/mol. The Kier molecular flexibility index (Phi) is 5.10. The Morgan fingerprint density at radius 2 is 2.14 bits per heavy atom. The molecule has 0 radical (unpaired) electrons. The molecule has 0 spiro atoms. The first-order chi connectivity index (χ1) is 10.1. The number of aryl methyl sites for hydroxylation is 1. The Balaban J connectivity index is 0.00000176. The second kappa shape index (κ2) is 6.85. The SMILES string of the molecule is Cl.N[C@@H]1CCN(C(=O)CCn2nnc3ccccc3c2=O)C1. The van der Waals surface area contributed by atoms with E-state index in [-0.39, 0.29) is 42.9 Å². The molecule has 0 bridgehead atoms. The normalized spacial score (nSPS) is 17.5. The van der Waals surface area contributed by atoms with Gasteiger partial charge in [-0.05, 0) is 18.6 Å². The Bertz CT molecular complexity index is 732. The number of aromatic nitrogens is 3. The van der Waals surface area contributed by atoms with E-state index in [1.807, 2.05) is 0 Å². The van der Waals surface area contributed by atoms with Crippen molar-refractivity contribution in [3.05, 3.63) is 34.6 Å². The summed E-state index contributed by atoms with van der Waals surface area (Å²) in [5.41, 5.74) is 6.13. The number of carbonyl (C=O) groups is 1. The van der Waals surface area contributed by atoms with Crippen LogP contribution < -0.4 is 11.3 Å².